The quantitative estimate of drug-likeness (QED) is 0.501. The number of nitrogens with one attached hydrogen (secondary N) is 1. The molecule has 1 unspecified atom stereocenters. The molecule has 0 aromatic rings. The Hall–Kier alpha value is -1.63. The number of esters is 1. The van der Waals surface area contributed by atoms with E-state index in [0.717, 1.165) is 7.11 Å². The van der Waals surface area contributed by atoms with Gasteiger partial charge in [0.1, 0.15) is 6.04 Å². The van der Waals surface area contributed by atoms with Gasteiger partial charge in [-0.25, -0.2) is 4.79 Å². The van der Waals surface area contributed by atoms with Gasteiger partial charge in [0.25, 0.3) is 0 Å². The van der Waals surface area contributed by atoms with Crippen LogP contribution in [0.5, 0.6) is 0 Å². The van der Waals surface area contributed by atoms with Crippen LogP contribution in [0.3, 0.4) is 0 Å². The summed E-state index contributed by atoms with van der Waals surface area (Å²) in [6, 6.07) is -1.27. The van der Waals surface area contributed by atoms with E-state index in [2.05, 4.69) is 10.1 Å². The van der Waals surface area contributed by atoms with E-state index in [9.17, 15) is 14.4 Å². The monoisotopic (exact) mass is 246 g/mol. The minimum atomic E-state index is -1.27. The number of carboxylic acid groups (broad SMARTS) is 1. The zero-order valence-electron chi connectivity index (χ0n) is 9.93. The second-order valence-corrected chi connectivity index (χ2v) is 3.66. The first kappa shape index (κ1) is 15.4. The minimum Gasteiger partial charge on any atom is -0.480 e. The number of carbonyl (C=O) groups excluding carboxylic acids is 2. The first-order chi connectivity index (χ1) is 7.92. The molecule has 2 atom stereocenters. The Morgan fingerprint density at radius 3 is 2.41 bits per heavy atom. The molecule has 0 fully saturated rings. The average molecular weight is 246 g/mol. The number of rotatable bonds is 7. The van der Waals surface area contributed by atoms with Crippen LogP contribution in [-0.2, 0) is 19.1 Å². The van der Waals surface area contributed by atoms with Crippen molar-refractivity contribution in [2.24, 2.45) is 11.7 Å². The summed E-state index contributed by atoms with van der Waals surface area (Å²) in [6.45, 7) is 1.97. The van der Waals surface area contributed by atoms with Gasteiger partial charge in [-0.15, -0.1) is 0 Å². The van der Waals surface area contributed by atoms with Crippen LogP contribution in [0, 0.1) is 5.92 Å². The molecule has 1 amide bonds. The normalized spacial score (nSPS) is 13.6. The molecule has 0 saturated carbocycles. The lowest BCUT2D eigenvalue weighted by Crippen LogP contribution is -2.44. The third kappa shape index (κ3) is 5.86. The molecule has 0 heterocycles. The number of carboxylic acids is 1. The Kier molecular flexibility index (Phi) is 6.88. The number of methoxy groups -OCH3 is 1. The van der Waals surface area contributed by atoms with E-state index in [1.807, 2.05) is 0 Å². The van der Waals surface area contributed by atoms with Gasteiger partial charge in [0.05, 0.1) is 13.5 Å². The highest BCUT2D eigenvalue weighted by molar-refractivity contribution is 5.87. The van der Waals surface area contributed by atoms with Crippen LogP contribution in [0.1, 0.15) is 19.8 Å². The van der Waals surface area contributed by atoms with Crippen molar-refractivity contribution in [3.8, 4) is 0 Å². The summed E-state index contributed by atoms with van der Waals surface area (Å²) in [5, 5.41) is 11.1. The highest BCUT2D eigenvalue weighted by Crippen LogP contribution is 2.03. The predicted octanol–water partition coefficient (Wildman–Crippen LogP) is -0.896. The van der Waals surface area contributed by atoms with Crippen molar-refractivity contribution in [3.05, 3.63) is 0 Å². The summed E-state index contributed by atoms with van der Waals surface area (Å²) in [5.41, 5.74) is 5.29. The molecule has 0 aliphatic heterocycles. The zero-order chi connectivity index (χ0) is 13.4. The number of hydrogen-bond donors (Lipinski definition) is 3. The van der Waals surface area contributed by atoms with Gasteiger partial charge < -0.3 is 20.9 Å². The maximum Gasteiger partial charge on any atom is 0.326 e. The van der Waals surface area contributed by atoms with E-state index in [0.29, 0.717) is 13.0 Å². The fourth-order valence-electron chi connectivity index (χ4n) is 1.15. The highest BCUT2D eigenvalue weighted by atomic mass is 16.5. The average Bonchev–Trinajstić information content (AvgIpc) is 2.27. The van der Waals surface area contributed by atoms with Crippen molar-refractivity contribution in [2.45, 2.75) is 25.8 Å². The lowest BCUT2D eigenvalue weighted by atomic mass is 10.1. The highest BCUT2D eigenvalue weighted by Gasteiger charge is 2.25. The number of amides is 1. The number of ether oxygens (including phenoxy) is 1. The smallest absolute Gasteiger partial charge is 0.326 e. The Balaban J connectivity index is 4.39. The lowest BCUT2D eigenvalue weighted by molar-refractivity contribution is -0.149. The van der Waals surface area contributed by atoms with Crippen molar-refractivity contribution >= 4 is 17.8 Å². The molecule has 98 valence electrons. The van der Waals surface area contributed by atoms with Crippen molar-refractivity contribution < 1.29 is 24.2 Å². The molecular weight excluding hydrogens is 228 g/mol. The third-order valence-electron chi connectivity index (χ3n) is 2.26. The Labute approximate surface area is 99.3 Å². The molecule has 7 heteroatoms. The third-order valence-corrected chi connectivity index (χ3v) is 2.26. The first-order valence-corrected chi connectivity index (χ1v) is 5.22. The van der Waals surface area contributed by atoms with Crippen molar-refractivity contribution in [1.82, 2.24) is 5.32 Å². The second-order valence-electron chi connectivity index (χ2n) is 3.66. The van der Waals surface area contributed by atoms with E-state index in [1.54, 1.807) is 6.92 Å². The summed E-state index contributed by atoms with van der Waals surface area (Å²) in [5.74, 6) is -2.79. The van der Waals surface area contributed by atoms with Gasteiger partial charge in [-0.3, -0.25) is 9.59 Å². The molecule has 0 saturated heterocycles. The fraction of sp³-hybridized carbons (Fsp3) is 0.700. The van der Waals surface area contributed by atoms with Crippen molar-refractivity contribution in [3.63, 3.8) is 0 Å². The molecule has 4 N–H and O–H groups in total. The standard InChI is InChI=1S/C10H18N2O5/c1-6(3-4-11)9(14)12-7(10(15)16)5-8(13)17-2/h6-7H,3-5,11H2,1-2H3,(H,12,14)(H,15,16)/t6?,7-/m0/s1. The molecule has 0 bridgehead atoms. The largest absolute Gasteiger partial charge is 0.480 e. The fourth-order valence-corrected chi connectivity index (χ4v) is 1.15. The van der Waals surface area contributed by atoms with E-state index in [1.165, 1.54) is 0 Å². The van der Waals surface area contributed by atoms with Gasteiger partial charge in [0.15, 0.2) is 0 Å². The van der Waals surface area contributed by atoms with Crippen LogP contribution >= 0.6 is 0 Å². The molecule has 0 aromatic carbocycles. The van der Waals surface area contributed by atoms with Crippen LogP contribution in [0.4, 0.5) is 0 Å². The SMILES string of the molecule is COC(=O)C[C@H](NC(=O)C(C)CCN)C(=O)O. The minimum absolute atomic E-state index is 0.337. The van der Waals surface area contributed by atoms with Gasteiger partial charge >= 0.3 is 11.9 Å². The summed E-state index contributed by atoms with van der Waals surface area (Å²) < 4.78 is 4.35. The van der Waals surface area contributed by atoms with E-state index in [4.69, 9.17) is 10.8 Å². The summed E-state index contributed by atoms with van der Waals surface area (Å²) in [7, 11) is 1.15. The molecule has 17 heavy (non-hydrogen) atoms. The van der Waals surface area contributed by atoms with Crippen LogP contribution in [0.2, 0.25) is 0 Å². The molecule has 7 nitrogen and oxygen atoms in total. The Morgan fingerprint density at radius 1 is 1.41 bits per heavy atom. The summed E-state index contributed by atoms with van der Waals surface area (Å²) in [4.78, 5) is 33.3. The van der Waals surface area contributed by atoms with Gasteiger partial charge in [0.2, 0.25) is 5.91 Å². The number of carbonyl (C=O) groups is 3. The lowest BCUT2D eigenvalue weighted by Gasteiger charge is -2.16. The maximum atomic E-state index is 11.5. The van der Waals surface area contributed by atoms with E-state index >= 15 is 0 Å². The molecule has 0 aromatic heterocycles. The van der Waals surface area contributed by atoms with Crippen LogP contribution in [0.15, 0.2) is 0 Å². The second kappa shape index (κ2) is 7.61. The van der Waals surface area contributed by atoms with Gasteiger partial charge in [0, 0.05) is 5.92 Å². The molecule has 0 radical (unpaired) electrons. The number of aliphatic carboxylic acids is 1. The van der Waals surface area contributed by atoms with Gasteiger partial charge in [-0.05, 0) is 13.0 Å². The number of hydrogen-bond acceptors (Lipinski definition) is 5. The first-order valence-electron chi connectivity index (χ1n) is 5.22. The van der Waals surface area contributed by atoms with Crippen LogP contribution < -0.4 is 11.1 Å². The van der Waals surface area contributed by atoms with E-state index in [-0.39, 0.29) is 5.92 Å². The molecule has 0 spiro atoms. The number of nitrogens with two attached hydrogens (primary N) is 1. The summed E-state index contributed by atoms with van der Waals surface area (Å²) in [6.07, 6.45) is 0.0588. The topological polar surface area (TPSA) is 119 Å². The molecule has 0 aliphatic carbocycles. The van der Waals surface area contributed by atoms with Gasteiger partial charge in [-0.2, -0.15) is 0 Å². The molecule has 0 rings (SSSR count). The van der Waals surface area contributed by atoms with Crippen molar-refractivity contribution in [1.29, 1.82) is 0 Å². The molecular formula is C10H18N2O5. The Bertz CT molecular complexity index is 292. The zero-order valence-corrected chi connectivity index (χ0v) is 9.93. The van der Waals surface area contributed by atoms with Crippen LogP contribution in [0.25, 0.3) is 0 Å². The molecule has 0 aliphatic rings. The van der Waals surface area contributed by atoms with Crippen LogP contribution in [-0.4, -0.2) is 42.6 Å². The van der Waals surface area contributed by atoms with E-state index < -0.39 is 30.3 Å². The van der Waals surface area contributed by atoms with Crippen molar-refractivity contribution in [2.75, 3.05) is 13.7 Å². The van der Waals surface area contributed by atoms with Gasteiger partial charge in [-0.1, -0.05) is 6.92 Å². The predicted molar refractivity (Wildman–Crippen MR) is 59.0 cm³/mol. The maximum absolute atomic E-state index is 11.5. The summed E-state index contributed by atoms with van der Waals surface area (Å²) >= 11 is 0. The Morgan fingerprint density at radius 2 is 2.00 bits per heavy atom.